The van der Waals surface area contributed by atoms with Gasteiger partial charge >= 0.3 is 0 Å². The number of fused-ring (bicyclic) bond motifs is 1. The van der Waals surface area contributed by atoms with Crippen molar-refractivity contribution in [3.63, 3.8) is 0 Å². The predicted molar refractivity (Wildman–Crippen MR) is 88.5 cm³/mol. The van der Waals surface area contributed by atoms with Gasteiger partial charge in [0, 0.05) is 28.9 Å². The van der Waals surface area contributed by atoms with Crippen molar-refractivity contribution in [2.45, 2.75) is 6.92 Å². The number of hydrogen-bond donors (Lipinski definition) is 2. The number of aryl methyl sites for hydroxylation is 1. The number of rotatable bonds is 5. The lowest BCUT2D eigenvalue weighted by atomic mass is 10.1. The molecule has 0 aliphatic carbocycles. The molecule has 3 aromatic rings. The maximum absolute atomic E-state index is 11.8. The van der Waals surface area contributed by atoms with Crippen molar-refractivity contribution in [2.24, 2.45) is 5.10 Å². The maximum Gasteiger partial charge on any atom is 0.277 e. The molecular formula is C17H16N4O2. The van der Waals surface area contributed by atoms with Gasteiger partial charge in [-0.05, 0) is 31.2 Å². The summed E-state index contributed by atoms with van der Waals surface area (Å²) in [6.45, 7) is 1.71. The molecule has 0 saturated heterocycles. The van der Waals surface area contributed by atoms with Crippen LogP contribution in [0.25, 0.3) is 10.9 Å². The van der Waals surface area contributed by atoms with Crippen LogP contribution in [0.5, 0.6) is 5.75 Å². The van der Waals surface area contributed by atoms with Crippen LogP contribution in [-0.2, 0) is 4.79 Å². The second kappa shape index (κ2) is 6.74. The van der Waals surface area contributed by atoms with Gasteiger partial charge in [0.05, 0.1) is 11.9 Å². The van der Waals surface area contributed by atoms with Crippen molar-refractivity contribution >= 4 is 23.0 Å². The third kappa shape index (κ3) is 3.55. The Labute approximate surface area is 133 Å². The molecule has 0 saturated carbocycles. The molecule has 2 aromatic heterocycles. The van der Waals surface area contributed by atoms with Crippen LogP contribution in [0.3, 0.4) is 0 Å². The molecule has 0 aliphatic heterocycles. The molecular weight excluding hydrogens is 292 g/mol. The summed E-state index contributed by atoms with van der Waals surface area (Å²) < 4.78 is 5.41. The SMILES string of the molecule is Cc1ncccc1OCC(=O)N/N=C/c1cccc2[nH]ccc12. The lowest BCUT2D eigenvalue weighted by Gasteiger charge is -2.06. The number of aromatic nitrogens is 2. The Bertz CT molecular complexity index is 854. The first-order valence-corrected chi connectivity index (χ1v) is 7.16. The Kier molecular flexibility index (Phi) is 4.33. The van der Waals surface area contributed by atoms with Crippen LogP contribution in [0.15, 0.2) is 53.9 Å². The molecule has 0 atom stereocenters. The summed E-state index contributed by atoms with van der Waals surface area (Å²) in [6.07, 6.45) is 5.15. The number of H-pyrrole nitrogens is 1. The van der Waals surface area contributed by atoms with Gasteiger partial charge in [0.25, 0.3) is 5.91 Å². The average molecular weight is 308 g/mol. The van der Waals surface area contributed by atoms with Crippen LogP contribution in [-0.4, -0.2) is 28.7 Å². The zero-order valence-corrected chi connectivity index (χ0v) is 12.6. The van der Waals surface area contributed by atoms with Crippen molar-refractivity contribution in [3.8, 4) is 5.75 Å². The molecule has 23 heavy (non-hydrogen) atoms. The van der Waals surface area contributed by atoms with E-state index in [1.165, 1.54) is 0 Å². The monoisotopic (exact) mass is 308 g/mol. The number of hydrogen-bond acceptors (Lipinski definition) is 4. The first kappa shape index (κ1) is 14.8. The molecule has 116 valence electrons. The topological polar surface area (TPSA) is 79.4 Å². The molecule has 0 fully saturated rings. The summed E-state index contributed by atoms with van der Waals surface area (Å²) in [5, 5.41) is 5.02. The van der Waals surface area contributed by atoms with E-state index in [1.54, 1.807) is 24.5 Å². The first-order chi connectivity index (χ1) is 11.2. The minimum absolute atomic E-state index is 0.113. The van der Waals surface area contributed by atoms with E-state index >= 15 is 0 Å². The molecule has 1 amide bonds. The van der Waals surface area contributed by atoms with Gasteiger partial charge in [-0.2, -0.15) is 5.10 Å². The maximum atomic E-state index is 11.8. The lowest BCUT2D eigenvalue weighted by Crippen LogP contribution is -2.24. The van der Waals surface area contributed by atoms with E-state index < -0.39 is 0 Å². The molecule has 1 aromatic carbocycles. The summed E-state index contributed by atoms with van der Waals surface area (Å²) in [5.74, 6) is 0.259. The van der Waals surface area contributed by atoms with E-state index in [9.17, 15) is 4.79 Å². The summed E-state index contributed by atoms with van der Waals surface area (Å²) >= 11 is 0. The highest BCUT2D eigenvalue weighted by Crippen LogP contribution is 2.15. The minimum atomic E-state index is -0.328. The average Bonchev–Trinajstić information content (AvgIpc) is 3.03. The number of benzene rings is 1. The molecule has 6 heteroatoms. The van der Waals surface area contributed by atoms with Gasteiger partial charge < -0.3 is 9.72 Å². The molecule has 0 unspecified atom stereocenters. The highest BCUT2D eigenvalue weighted by atomic mass is 16.5. The van der Waals surface area contributed by atoms with Crippen LogP contribution >= 0.6 is 0 Å². The van der Waals surface area contributed by atoms with Crippen LogP contribution in [0.4, 0.5) is 0 Å². The number of ether oxygens (including phenoxy) is 1. The number of aromatic amines is 1. The van der Waals surface area contributed by atoms with E-state index in [-0.39, 0.29) is 12.5 Å². The third-order valence-corrected chi connectivity index (χ3v) is 3.34. The zero-order chi connectivity index (χ0) is 16.1. The number of amides is 1. The van der Waals surface area contributed by atoms with E-state index in [0.717, 1.165) is 22.2 Å². The number of nitrogens with zero attached hydrogens (tertiary/aromatic N) is 2. The largest absolute Gasteiger partial charge is 0.482 e. The molecule has 2 heterocycles. The number of carbonyl (C=O) groups is 1. The minimum Gasteiger partial charge on any atom is -0.482 e. The molecule has 0 spiro atoms. The number of carbonyl (C=O) groups excluding carboxylic acids is 1. The van der Waals surface area contributed by atoms with Crippen molar-refractivity contribution in [1.29, 1.82) is 0 Å². The van der Waals surface area contributed by atoms with Crippen molar-refractivity contribution in [1.82, 2.24) is 15.4 Å². The Morgan fingerprint density at radius 1 is 1.35 bits per heavy atom. The lowest BCUT2D eigenvalue weighted by molar-refractivity contribution is -0.123. The van der Waals surface area contributed by atoms with Gasteiger partial charge in [-0.15, -0.1) is 0 Å². The van der Waals surface area contributed by atoms with Crippen LogP contribution < -0.4 is 10.2 Å². The third-order valence-electron chi connectivity index (χ3n) is 3.34. The van der Waals surface area contributed by atoms with Crippen LogP contribution in [0, 0.1) is 6.92 Å². The van der Waals surface area contributed by atoms with Gasteiger partial charge in [-0.3, -0.25) is 9.78 Å². The Morgan fingerprint density at radius 2 is 2.26 bits per heavy atom. The standard InChI is InChI=1S/C17H16N4O2/c1-12-16(6-3-8-18-12)23-11-17(22)21-20-10-13-4-2-5-15-14(13)7-9-19-15/h2-10,19H,11H2,1H3,(H,21,22)/b20-10+. The summed E-state index contributed by atoms with van der Waals surface area (Å²) in [7, 11) is 0. The number of nitrogens with one attached hydrogen (secondary N) is 2. The summed E-state index contributed by atoms with van der Waals surface area (Å²) in [5.41, 5.74) is 5.14. The Hall–Kier alpha value is -3.15. The molecule has 3 rings (SSSR count). The Balaban J connectivity index is 1.57. The number of hydrazone groups is 1. The van der Waals surface area contributed by atoms with Crippen molar-refractivity contribution in [3.05, 3.63) is 60.0 Å². The smallest absolute Gasteiger partial charge is 0.277 e. The first-order valence-electron chi connectivity index (χ1n) is 7.16. The molecule has 0 radical (unpaired) electrons. The highest BCUT2D eigenvalue weighted by Gasteiger charge is 2.04. The van der Waals surface area contributed by atoms with Gasteiger partial charge in [-0.25, -0.2) is 5.43 Å². The fraction of sp³-hybridized carbons (Fsp3) is 0.118. The van der Waals surface area contributed by atoms with Crippen molar-refractivity contribution < 1.29 is 9.53 Å². The van der Waals surface area contributed by atoms with E-state index in [1.807, 2.05) is 37.4 Å². The zero-order valence-electron chi connectivity index (χ0n) is 12.6. The fourth-order valence-corrected chi connectivity index (χ4v) is 2.19. The highest BCUT2D eigenvalue weighted by molar-refractivity contribution is 5.98. The fourth-order valence-electron chi connectivity index (χ4n) is 2.19. The summed E-state index contributed by atoms with van der Waals surface area (Å²) in [6, 6.07) is 11.3. The van der Waals surface area contributed by atoms with E-state index in [2.05, 4.69) is 20.5 Å². The van der Waals surface area contributed by atoms with Crippen molar-refractivity contribution in [2.75, 3.05) is 6.61 Å². The van der Waals surface area contributed by atoms with Gasteiger partial charge in [-0.1, -0.05) is 12.1 Å². The van der Waals surface area contributed by atoms with Gasteiger partial charge in [0.15, 0.2) is 6.61 Å². The van der Waals surface area contributed by atoms with Crippen LogP contribution in [0.1, 0.15) is 11.3 Å². The normalized spacial score (nSPS) is 11.0. The Morgan fingerprint density at radius 3 is 3.13 bits per heavy atom. The van der Waals surface area contributed by atoms with Gasteiger partial charge in [0.2, 0.25) is 0 Å². The molecule has 6 nitrogen and oxygen atoms in total. The molecule has 0 bridgehead atoms. The second-order valence-corrected chi connectivity index (χ2v) is 4.95. The quantitative estimate of drug-likeness (QED) is 0.561. The van der Waals surface area contributed by atoms with Crippen LogP contribution in [0.2, 0.25) is 0 Å². The predicted octanol–water partition coefficient (Wildman–Crippen LogP) is 2.40. The van der Waals surface area contributed by atoms with Gasteiger partial charge in [0.1, 0.15) is 5.75 Å². The number of pyridine rings is 1. The molecule has 0 aliphatic rings. The second-order valence-electron chi connectivity index (χ2n) is 4.95. The summed E-state index contributed by atoms with van der Waals surface area (Å²) in [4.78, 5) is 19.0. The molecule has 2 N–H and O–H groups in total. The van der Waals surface area contributed by atoms with E-state index in [4.69, 9.17) is 4.74 Å². The van der Waals surface area contributed by atoms with E-state index in [0.29, 0.717) is 5.75 Å².